The van der Waals surface area contributed by atoms with Crippen molar-refractivity contribution >= 4 is 11.7 Å². The van der Waals surface area contributed by atoms with Gasteiger partial charge in [-0.05, 0) is 29.5 Å². The molecule has 0 amide bonds. The van der Waals surface area contributed by atoms with Gasteiger partial charge >= 0.3 is 5.97 Å². The number of methoxy groups -OCH3 is 1. The summed E-state index contributed by atoms with van der Waals surface area (Å²) < 4.78 is 4.81. The van der Waals surface area contributed by atoms with E-state index in [0.717, 1.165) is 5.69 Å². The van der Waals surface area contributed by atoms with Crippen LogP contribution < -0.4 is 5.32 Å². The quantitative estimate of drug-likeness (QED) is 0.813. The summed E-state index contributed by atoms with van der Waals surface area (Å²) >= 11 is 0. The van der Waals surface area contributed by atoms with Crippen molar-refractivity contribution in [2.45, 2.75) is 39.7 Å². The number of esters is 1. The molecule has 3 nitrogen and oxygen atoms in total. The monoisotopic (exact) mass is 249 g/mol. The average molecular weight is 249 g/mol. The number of rotatable bonds is 5. The molecule has 0 radical (unpaired) electrons. The Labute approximate surface area is 110 Å². The molecule has 1 aromatic carbocycles. The summed E-state index contributed by atoms with van der Waals surface area (Å²) in [5, 5.41) is 3.22. The number of ether oxygens (including phenoxy) is 1. The van der Waals surface area contributed by atoms with Crippen molar-refractivity contribution in [3.05, 3.63) is 29.8 Å². The molecule has 0 aliphatic heterocycles. The first-order chi connectivity index (χ1) is 8.45. The van der Waals surface area contributed by atoms with Gasteiger partial charge in [0.2, 0.25) is 0 Å². The molecular formula is C15H23NO2. The van der Waals surface area contributed by atoms with E-state index < -0.39 is 0 Å². The highest BCUT2D eigenvalue weighted by Gasteiger charge is 2.22. The van der Waals surface area contributed by atoms with E-state index in [9.17, 15) is 4.79 Å². The zero-order valence-electron chi connectivity index (χ0n) is 11.9. The van der Waals surface area contributed by atoms with E-state index in [1.165, 1.54) is 12.7 Å². The highest BCUT2D eigenvalue weighted by Crippen LogP contribution is 2.19. The lowest BCUT2D eigenvalue weighted by atomic mass is 10.0. The van der Waals surface area contributed by atoms with E-state index in [1.807, 2.05) is 26.0 Å². The van der Waals surface area contributed by atoms with Crippen molar-refractivity contribution in [3.63, 3.8) is 0 Å². The number of hydrogen-bond donors (Lipinski definition) is 1. The predicted octanol–water partition coefficient (Wildman–Crippen LogP) is 3.42. The van der Waals surface area contributed by atoms with Crippen molar-refractivity contribution in [1.82, 2.24) is 0 Å². The van der Waals surface area contributed by atoms with Crippen LogP contribution in [0.4, 0.5) is 5.69 Å². The molecule has 0 aliphatic carbocycles. The molecule has 1 unspecified atom stereocenters. The van der Waals surface area contributed by atoms with Gasteiger partial charge in [0.05, 0.1) is 7.11 Å². The average Bonchev–Trinajstić information content (AvgIpc) is 2.35. The molecule has 0 aromatic heterocycles. The SMILES string of the molecule is COC(=O)C(Nc1ccc(C(C)C)cc1)C(C)C. The standard InChI is InChI=1S/C15H23NO2/c1-10(2)12-6-8-13(9-7-12)16-14(11(3)4)15(17)18-5/h6-11,14,16H,1-5H3. The predicted molar refractivity (Wildman–Crippen MR) is 74.8 cm³/mol. The summed E-state index contributed by atoms with van der Waals surface area (Å²) in [5.41, 5.74) is 2.24. The van der Waals surface area contributed by atoms with E-state index >= 15 is 0 Å². The number of nitrogens with one attached hydrogen (secondary N) is 1. The molecule has 3 heteroatoms. The molecule has 0 heterocycles. The minimum atomic E-state index is -0.306. The number of carbonyl (C=O) groups is 1. The molecule has 1 rings (SSSR count). The Morgan fingerprint density at radius 1 is 1.11 bits per heavy atom. The highest BCUT2D eigenvalue weighted by molar-refractivity contribution is 5.79. The minimum Gasteiger partial charge on any atom is -0.467 e. The maximum atomic E-state index is 11.6. The third-order valence-electron chi connectivity index (χ3n) is 3.02. The smallest absolute Gasteiger partial charge is 0.328 e. The number of carbonyl (C=O) groups excluding carboxylic acids is 1. The second-order valence-electron chi connectivity index (χ2n) is 5.17. The molecule has 0 spiro atoms. The van der Waals surface area contributed by atoms with Crippen molar-refractivity contribution in [2.75, 3.05) is 12.4 Å². The van der Waals surface area contributed by atoms with Gasteiger partial charge < -0.3 is 10.1 Å². The van der Waals surface area contributed by atoms with Crippen molar-refractivity contribution in [3.8, 4) is 0 Å². The van der Waals surface area contributed by atoms with Crippen LogP contribution in [0.15, 0.2) is 24.3 Å². The van der Waals surface area contributed by atoms with Crippen molar-refractivity contribution < 1.29 is 9.53 Å². The first kappa shape index (κ1) is 14.6. The number of benzene rings is 1. The normalized spacial score (nSPS) is 12.6. The van der Waals surface area contributed by atoms with E-state index in [2.05, 4.69) is 31.3 Å². The molecule has 100 valence electrons. The molecule has 1 aromatic rings. The molecular weight excluding hydrogens is 226 g/mol. The Hall–Kier alpha value is -1.51. The molecule has 0 bridgehead atoms. The summed E-state index contributed by atoms with van der Waals surface area (Å²) in [6.07, 6.45) is 0. The molecule has 0 fully saturated rings. The van der Waals surface area contributed by atoms with Crippen LogP contribution in [0.2, 0.25) is 0 Å². The van der Waals surface area contributed by atoms with Gasteiger partial charge in [-0.15, -0.1) is 0 Å². The van der Waals surface area contributed by atoms with Gasteiger partial charge in [-0.1, -0.05) is 39.8 Å². The van der Waals surface area contributed by atoms with E-state index in [4.69, 9.17) is 4.74 Å². The molecule has 1 N–H and O–H groups in total. The zero-order valence-corrected chi connectivity index (χ0v) is 11.9. The lowest BCUT2D eigenvalue weighted by Crippen LogP contribution is -2.35. The maximum Gasteiger partial charge on any atom is 0.328 e. The third-order valence-corrected chi connectivity index (χ3v) is 3.02. The second-order valence-corrected chi connectivity index (χ2v) is 5.17. The van der Waals surface area contributed by atoms with Gasteiger partial charge in [0.25, 0.3) is 0 Å². The molecule has 0 saturated carbocycles. The van der Waals surface area contributed by atoms with Crippen LogP contribution in [0, 0.1) is 5.92 Å². The fourth-order valence-corrected chi connectivity index (χ4v) is 1.77. The summed E-state index contributed by atoms with van der Waals surface area (Å²) in [6, 6.07) is 7.88. The van der Waals surface area contributed by atoms with Crippen LogP contribution in [-0.2, 0) is 9.53 Å². The maximum absolute atomic E-state index is 11.6. The van der Waals surface area contributed by atoms with Crippen LogP contribution in [-0.4, -0.2) is 19.1 Å². The first-order valence-corrected chi connectivity index (χ1v) is 6.40. The van der Waals surface area contributed by atoms with Crippen LogP contribution in [0.25, 0.3) is 0 Å². The van der Waals surface area contributed by atoms with Gasteiger partial charge in [0.15, 0.2) is 0 Å². The van der Waals surface area contributed by atoms with E-state index in [0.29, 0.717) is 5.92 Å². The number of hydrogen-bond acceptors (Lipinski definition) is 3. The Kier molecular flexibility index (Phi) is 5.20. The summed E-state index contributed by atoms with van der Waals surface area (Å²) in [4.78, 5) is 11.6. The minimum absolute atomic E-state index is 0.183. The summed E-state index contributed by atoms with van der Waals surface area (Å²) in [6.45, 7) is 8.32. The first-order valence-electron chi connectivity index (χ1n) is 6.40. The van der Waals surface area contributed by atoms with E-state index in [1.54, 1.807) is 0 Å². The summed E-state index contributed by atoms with van der Waals surface area (Å²) in [5.74, 6) is 0.473. The van der Waals surface area contributed by atoms with Crippen molar-refractivity contribution in [2.24, 2.45) is 5.92 Å². The Balaban J connectivity index is 2.78. The molecule has 1 atom stereocenters. The largest absolute Gasteiger partial charge is 0.467 e. The molecule has 0 saturated heterocycles. The van der Waals surface area contributed by atoms with Crippen LogP contribution in [0.5, 0.6) is 0 Å². The Morgan fingerprint density at radius 2 is 1.67 bits per heavy atom. The second kappa shape index (κ2) is 6.43. The van der Waals surface area contributed by atoms with Gasteiger partial charge in [-0.3, -0.25) is 0 Å². The van der Waals surface area contributed by atoms with Crippen LogP contribution in [0.1, 0.15) is 39.2 Å². The fourth-order valence-electron chi connectivity index (χ4n) is 1.77. The topological polar surface area (TPSA) is 38.3 Å². The third kappa shape index (κ3) is 3.76. The van der Waals surface area contributed by atoms with Gasteiger partial charge in [-0.25, -0.2) is 4.79 Å². The number of anilines is 1. The lowest BCUT2D eigenvalue weighted by molar-refractivity contribution is -0.142. The molecule has 18 heavy (non-hydrogen) atoms. The highest BCUT2D eigenvalue weighted by atomic mass is 16.5. The summed E-state index contributed by atoms with van der Waals surface area (Å²) in [7, 11) is 1.42. The Morgan fingerprint density at radius 3 is 2.06 bits per heavy atom. The van der Waals surface area contributed by atoms with Crippen LogP contribution in [0.3, 0.4) is 0 Å². The van der Waals surface area contributed by atoms with Crippen LogP contribution >= 0.6 is 0 Å². The van der Waals surface area contributed by atoms with Crippen molar-refractivity contribution in [1.29, 1.82) is 0 Å². The lowest BCUT2D eigenvalue weighted by Gasteiger charge is -2.21. The molecule has 0 aliphatic rings. The zero-order chi connectivity index (χ0) is 13.7. The van der Waals surface area contributed by atoms with Gasteiger partial charge in [0, 0.05) is 5.69 Å². The van der Waals surface area contributed by atoms with Gasteiger partial charge in [-0.2, -0.15) is 0 Å². The van der Waals surface area contributed by atoms with E-state index in [-0.39, 0.29) is 17.9 Å². The Bertz CT molecular complexity index is 382. The fraction of sp³-hybridized carbons (Fsp3) is 0.533. The van der Waals surface area contributed by atoms with Gasteiger partial charge in [0.1, 0.15) is 6.04 Å².